The molecule has 32 heavy (non-hydrogen) atoms. The number of halogens is 3. The minimum atomic E-state index is -0.0274. The summed E-state index contributed by atoms with van der Waals surface area (Å²) in [5.74, 6) is 0.512. The smallest absolute Gasteiger partial charge is 0.225 e. The van der Waals surface area contributed by atoms with Gasteiger partial charge in [0.25, 0.3) is 0 Å². The molecule has 172 valence electrons. The van der Waals surface area contributed by atoms with E-state index in [1.165, 1.54) is 6.42 Å². The molecule has 2 aromatic carbocycles. The van der Waals surface area contributed by atoms with Gasteiger partial charge in [0, 0.05) is 47.8 Å². The van der Waals surface area contributed by atoms with Crippen LogP contribution < -0.4 is 10.2 Å². The predicted molar refractivity (Wildman–Crippen MR) is 135 cm³/mol. The number of likely N-dealkylation sites (tertiary alicyclic amines) is 1. The molecule has 0 aromatic heterocycles. The van der Waals surface area contributed by atoms with Crippen molar-refractivity contribution in [3.63, 3.8) is 0 Å². The van der Waals surface area contributed by atoms with Crippen LogP contribution in [0.3, 0.4) is 0 Å². The summed E-state index contributed by atoms with van der Waals surface area (Å²) in [6.07, 6.45) is 5.34. The molecule has 2 aliphatic rings. The lowest BCUT2D eigenvalue weighted by atomic mass is 9.94. The maximum Gasteiger partial charge on any atom is 0.225 e. The second-order valence-corrected chi connectivity index (χ2v) is 10.1. The fourth-order valence-electron chi connectivity index (χ4n) is 4.74. The van der Waals surface area contributed by atoms with E-state index in [1.807, 2.05) is 18.2 Å². The maximum atomic E-state index is 12.9. The van der Waals surface area contributed by atoms with Gasteiger partial charge in [-0.05, 0) is 74.9 Å². The minimum Gasteiger partial charge on any atom is -0.377 e. The van der Waals surface area contributed by atoms with Gasteiger partial charge in [-0.3, -0.25) is 4.79 Å². The van der Waals surface area contributed by atoms with Crippen molar-refractivity contribution in [2.75, 3.05) is 36.4 Å². The summed E-state index contributed by atoms with van der Waals surface area (Å²) >= 11 is 18.9. The fourth-order valence-corrected chi connectivity index (χ4v) is 5.49. The average Bonchev–Trinajstić information content (AvgIpc) is 2.80. The van der Waals surface area contributed by atoms with Gasteiger partial charge in [0.1, 0.15) is 0 Å². The Morgan fingerprint density at radius 2 is 1.66 bits per heavy atom. The predicted octanol–water partition coefficient (Wildman–Crippen LogP) is 7.05. The lowest BCUT2D eigenvalue weighted by molar-refractivity contribution is -0.137. The Hall–Kier alpha value is -1.62. The number of amides is 1. The quantitative estimate of drug-likeness (QED) is 0.484. The van der Waals surface area contributed by atoms with Crippen molar-refractivity contribution in [2.24, 2.45) is 5.92 Å². The van der Waals surface area contributed by atoms with Gasteiger partial charge in [-0.1, -0.05) is 40.9 Å². The van der Waals surface area contributed by atoms with E-state index in [-0.39, 0.29) is 12.0 Å². The van der Waals surface area contributed by atoms with Crippen LogP contribution in [-0.2, 0) is 4.79 Å². The molecule has 2 saturated heterocycles. The first-order chi connectivity index (χ1) is 15.4. The third-order valence-corrected chi connectivity index (χ3v) is 7.52. The van der Waals surface area contributed by atoms with Gasteiger partial charge in [0.05, 0.1) is 16.8 Å². The molecule has 2 aliphatic heterocycles. The van der Waals surface area contributed by atoms with E-state index in [0.29, 0.717) is 21.0 Å². The van der Waals surface area contributed by atoms with Gasteiger partial charge >= 0.3 is 0 Å². The Bertz CT molecular complexity index is 953. The van der Waals surface area contributed by atoms with Gasteiger partial charge in [0.15, 0.2) is 0 Å². The molecular formula is C25H30Cl3N3O. The number of carbonyl (C=O) groups is 1. The molecule has 4 nitrogen and oxygen atoms in total. The number of carbonyl (C=O) groups excluding carboxylic acids is 1. The first kappa shape index (κ1) is 23.5. The normalized spacial score (nSPS) is 18.5. The van der Waals surface area contributed by atoms with Gasteiger partial charge in [-0.15, -0.1) is 0 Å². The summed E-state index contributed by atoms with van der Waals surface area (Å²) in [4.78, 5) is 17.3. The van der Waals surface area contributed by atoms with Crippen molar-refractivity contribution in [2.45, 2.75) is 45.1 Å². The highest BCUT2D eigenvalue weighted by Gasteiger charge is 2.29. The van der Waals surface area contributed by atoms with Crippen LogP contribution in [0.4, 0.5) is 11.4 Å². The Labute approximate surface area is 205 Å². The molecule has 2 fully saturated rings. The van der Waals surface area contributed by atoms with Crippen LogP contribution >= 0.6 is 34.8 Å². The topological polar surface area (TPSA) is 35.6 Å². The summed E-state index contributed by atoms with van der Waals surface area (Å²) < 4.78 is 0. The largest absolute Gasteiger partial charge is 0.377 e. The maximum absolute atomic E-state index is 12.9. The molecule has 0 unspecified atom stereocenters. The number of hydrogen-bond acceptors (Lipinski definition) is 3. The molecule has 0 bridgehead atoms. The first-order valence-electron chi connectivity index (χ1n) is 11.5. The lowest BCUT2D eigenvalue weighted by Crippen LogP contribution is -2.44. The minimum absolute atomic E-state index is 0.0274. The van der Waals surface area contributed by atoms with Crippen molar-refractivity contribution < 1.29 is 4.79 Å². The summed E-state index contributed by atoms with van der Waals surface area (Å²) in [6, 6.07) is 11.6. The number of rotatable bonds is 5. The highest BCUT2D eigenvalue weighted by Crippen LogP contribution is 2.34. The molecule has 1 amide bonds. The van der Waals surface area contributed by atoms with E-state index in [4.69, 9.17) is 34.8 Å². The van der Waals surface area contributed by atoms with Crippen LogP contribution in [0.25, 0.3) is 0 Å². The van der Waals surface area contributed by atoms with E-state index in [0.717, 1.165) is 68.8 Å². The van der Waals surface area contributed by atoms with E-state index >= 15 is 0 Å². The van der Waals surface area contributed by atoms with Crippen molar-refractivity contribution in [1.82, 2.24) is 4.90 Å². The summed E-state index contributed by atoms with van der Waals surface area (Å²) in [5, 5.41) is 5.41. The number of nitrogens with zero attached hydrogens (tertiary/aromatic N) is 2. The number of nitrogens with one attached hydrogen (secondary N) is 1. The molecule has 1 N–H and O–H groups in total. The second kappa shape index (κ2) is 10.5. The Morgan fingerprint density at radius 1 is 0.938 bits per heavy atom. The summed E-state index contributed by atoms with van der Waals surface area (Å²) in [6.45, 7) is 5.67. The van der Waals surface area contributed by atoms with E-state index in [9.17, 15) is 4.79 Å². The third-order valence-electron chi connectivity index (χ3n) is 6.63. The molecule has 0 saturated carbocycles. The average molecular weight is 495 g/mol. The zero-order chi connectivity index (χ0) is 22.7. The van der Waals surface area contributed by atoms with Gasteiger partial charge in [-0.2, -0.15) is 0 Å². The van der Waals surface area contributed by atoms with Crippen LogP contribution in [-0.4, -0.2) is 37.0 Å². The number of benzene rings is 2. The van der Waals surface area contributed by atoms with Crippen LogP contribution in [0.5, 0.6) is 0 Å². The summed E-state index contributed by atoms with van der Waals surface area (Å²) in [7, 11) is 0. The molecule has 0 aliphatic carbocycles. The van der Waals surface area contributed by atoms with Crippen LogP contribution in [0.2, 0.25) is 15.1 Å². The fraction of sp³-hybridized carbons (Fsp3) is 0.480. The van der Waals surface area contributed by atoms with E-state index in [2.05, 4.69) is 34.2 Å². The number of hydrogen-bond donors (Lipinski definition) is 1. The number of anilines is 2. The monoisotopic (exact) mass is 493 g/mol. The molecule has 2 aromatic rings. The van der Waals surface area contributed by atoms with Crippen molar-refractivity contribution >= 4 is 52.1 Å². The molecule has 0 radical (unpaired) electrons. The molecule has 1 atom stereocenters. The van der Waals surface area contributed by atoms with Crippen LogP contribution in [0.15, 0.2) is 36.4 Å². The molecule has 7 heteroatoms. The van der Waals surface area contributed by atoms with Crippen molar-refractivity contribution in [1.29, 1.82) is 0 Å². The lowest BCUT2D eigenvalue weighted by Gasteiger charge is -2.36. The Balaban J connectivity index is 1.40. The van der Waals surface area contributed by atoms with Crippen LogP contribution in [0, 0.1) is 5.92 Å². The second-order valence-electron chi connectivity index (χ2n) is 8.84. The number of piperidine rings is 2. The van der Waals surface area contributed by atoms with Crippen molar-refractivity contribution in [3.8, 4) is 0 Å². The summed E-state index contributed by atoms with van der Waals surface area (Å²) in [5.41, 5.74) is 2.96. The van der Waals surface area contributed by atoms with E-state index < -0.39 is 0 Å². The van der Waals surface area contributed by atoms with Crippen LogP contribution in [0.1, 0.15) is 50.6 Å². The third kappa shape index (κ3) is 5.47. The standard InChI is InChI=1S/C25H30Cl3N3O/c1-17(21-7-5-19(26)15-23(21)28)29-24-16-20(6-8-22(24)27)30-13-9-18(10-14-30)25(32)31-11-3-2-4-12-31/h5-8,15-18,29H,2-4,9-14H2,1H3/t17-/m1/s1. The molecular weight excluding hydrogens is 465 g/mol. The van der Waals surface area contributed by atoms with Gasteiger partial charge < -0.3 is 15.1 Å². The molecule has 0 spiro atoms. The highest BCUT2D eigenvalue weighted by atomic mass is 35.5. The van der Waals surface area contributed by atoms with Gasteiger partial charge in [-0.25, -0.2) is 0 Å². The zero-order valence-corrected chi connectivity index (χ0v) is 20.7. The Morgan fingerprint density at radius 3 is 2.34 bits per heavy atom. The highest BCUT2D eigenvalue weighted by molar-refractivity contribution is 6.35. The van der Waals surface area contributed by atoms with Crippen molar-refractivity contribution in [3.05, 3.63) is 57.0 Å². The van der Waals surface area contributed by atoms with Gasteiger partial charge in [0.2, 0.25) is 5.91 Å². The first-order valence-corrected chi connectivity index (χ1v) is 12.6. The van der Waals surface area contributed by atoms with E-state index in [1.54, 1.807) is 6.07 Å². The molecule has 4 rings (SSSR count). The zero-order valence-electron chi connectivity index (χ0n) is 18.4. The molecule has 2 heterocycles. The Kier molecular flexibility index (Phi) is 7.75. The SMILES string of the molecule is C[C@@H](Nc1cc(N2CCC(C(=O)N3CCCCC3)CC2)ccc1Cl)c1ccc(Cl)cc1Cl.